The van der Waals surface area contributed by atoms with E-state index >= 15 is 0 Å². The van der Waals surface area contributed by atoms with Crippen LogP contribution in [0.5, 0.6) is 0 Å². The second kappa shape index (κ2) is 9.52. The van der Waals surface area contributed by atoms with E-state index in [2.05, 4.69) is 43.6 Å². The van der Waals surface area contributed by atoms with Gasteiger partial charge in [0.15, 0.2) is 0 Å². The quantitative estimate of drug-likeness (QED) is 0.474. The van der Waals surface area contributed by atoms with E-state index < -0.39 is 0 Å². The van der Waals surface area contributed by atoms with Crippen LogP contribution in [-0.4, -0.2) is 39.8 Å². The molecule has 0 saturated carbocycles. The number of nitrogens with one attached hydrogen (secondary N) is 3. The number of hydrogen-bond donors (Lipinski definition) is 3. The highest BCUT2D eigenvalue weighted by molar-refractivity contribution is 6.31. The van der Waals surface area contributed by atoms with E-state index in [-0.39, 0.29) is 6.23 Å². The normalized spacial score (nSPS) is 13.7. The summed E-state index contributed by atoms with van der Waals surface area (Å²) < 4.78 is 5.13. The van der Waals surface area contributed by atoms with E-state index in [1.54, 1.807) is 13.3 Å². The van der Waals surface area contributed by atoms with Gasteiger partial charge in [-0.05, 0) is 36.2 Å². The van der Waals surface area contributed by atoms with Crippen molar-refractivity contribution in [2.75, 3.05) is 19.0 Å². The molecule has 3 aromatic heterocycles. The number of hydrogen-bond acceptors (Lipinski definition) is 6. The maximum atomic E-state index is 6.06. The first-order chi connectivity index (χ1) is 13.5. The Balaban J connectivity index is 1.54. The number of nitrogens with zero attached hydrogens (tertiary/aromatic N) is 3. The zero-order valence-electron chi connectivity index (χ0n) is 16.2. The first-order valence-electron chi connectivity index (χ1n) is 9.17. The highest BCUT2D eigenvalue weighted by atomic mass is 35.5. The fraction of sp³-hybridized carbons (Fsp3) is 0.350. The summed E-state index contributed by atoms with van der Waals surface area (Å²) in [4.78, 5) is 16.3. The second-order valence-electron chi connectivity index (χ2n) is 6.72. The van der Waals surface area contributed by atoms with Gasteiger partial charge < -0.3 is 20.4 Å². The number of aromatic nitrogens is 4. The van der Waals surface area contributed by atoms with Gasteiger partial charge in [0.25, 0.3) is 0 Å². The van der Waals surface area contributed by atoms with Crippen LogP contribution in [0.4, 0.5) is 5.95 Å². The van der Waals surface area contributed by atoms with Crippen LogP contribution >= 0.6 is 11.6 Å². The monoisotopic (exact) mass is 400 g/mol. The molecule has 0 fully saturated rings. The number of ether oxygens (including phenoxy) is 1. The molecule has 3 rings (SSSR count). The Morgan fingerprint density at radius 1 is 1.21 bits per heavy atom. The molecule has 0 amide bonds. The summed E-state index contributed by atoms with van der Waals surface area (Å²) in [6.07, 6.45) is 12.0. The fourth-order valence-electron chi connectivity index (χ4n) is 2.68. The van der Waals surface area contributed by atoms with Gasteiger partial charge in [0, 0.05) is 50.2 Å². The standard InChI is InChI=1S/C20H25ClN6O/c1-13(4-5-22-14(2)28-3)8-25-20-26-9-15(10-27-20)6-16-11-23-19-18(16)7-17(21)12-24-19/h4-5,7,9-14,22H,6,8H2,1-3H3,(H,23,24)(H,25,26,27)/b5-4-. The van der Waals surface area contributed by atoms with Crippen LogP contribution < -0.4 is 10.6 Å². The van der Waals surface area contributed by atoms with Gasteiger partial charge in [-0.25, -0.2) is 15.0 Å². The lowest BCUT2D eigenvalue weighted by atomic mass is 10.1. The van der Waals surface area contributed by atoms with Crippen LogP contribution in [-0.2, 0) is 11.2 Å². The molecular formula is C20H25ClN6O. The third-order valence-electron chi connectivity index (χ3n) is 4.37. The number of anilines is 1. The Kier molecular flexibility index (Phi) is 6.84. The lowest BCUT2D eigenvalue weighted by Gasteiger charge is -2.11. The van der Waals surface area contributed by atoms with Gasteiger partial charge in [-0.15, -0.1) is 0 Å². The molecule has 0 spiro atoms. The van der Waals surface area contributed by atoms with Crippen molar-refractivity contribution in [3.05, 3.63) is 59.3 Å². The van der Waals surface area contributed by atoms with Crippen molar-refractivity contribution in [3.8, 4) is 0 Å². The topological polar surface area (TPSA) is 87.8 Å². The lowest BCUT2D eigenvalue weighted by molar-refractivity contribution is 0.101. The maximum Gasteiger partial charge on any atom is 0.222 e. The molecule has 7 nitrogen and oxygen atoms in total. The summed E-state index contributed by atoms with van der Waals surface area (Å²) in [5, 5.41) is 8.03. The Morgan fingerprint density at radius 3 is 2.75 bits per heavy atom. The van der Waals surface area contributed by atoms with E-state index in [1.807, 2.05) is 37.8 Å². The van der Waals surface area contributed by atoms with Gasteiger partial charge in [-0.2, -0.15) is 0 Å². The van der Waals surface area contributed by atoms with Crippen molar-refractivity contribution in [1.82, 2.24) is 25.3 Å². The number of halogens is 1. The number of methoxy groups -OCH3 is 1. The molecule has 0 aromatic carbocycles. The van der Waals surface area contributed by atoms with E-state index in [4.69, 9.17) is 16.3 Å². The Hall–Kier alpha value is -2.64. The minimum absolute atomic E-state index is 0.00348. The summed E-state index contributed by atoms with van der Waals surface area (Å²) in [6, 6.07) is 1.92. The predicted molar refractivity (Wildman–Crippen MR) is 112 cm³/mol. The van der Waals surface area contributed by atoms with E-state index in [9.17, 15) is 0 Å². The summed E-state index contributed by atoms with van der Waals surface area (Å²) in [5.74, 6) is 0.939. The molecule has 0 saturated heterocycles. The number of aromatic amines is 1. The van der Waals surface area contributed by atoms with E-state index in [0.29, 0.717) is 23.3 Å². The fourth-order valence-corrected chi connectivity index (χ4v) is 2.84. The molecule has 3 aromatic rings. The van der Waals surface area contributed by atoms with Gasteiger partial charge in [-0.1, -0.05) is 24.6 Å². The zero-order valence-corrected chi connectivity index (χ0v) is 17.0. The van der Waals surface area contributed by atoms with Gasteiger partial charge in [-0.3, -0.25) is 0 Å². The molecule has 0 aliphatic rings. The number of fused-ring (bicyclic) bond motifs is 1. The minimum Gasteiger partial charge on any atom is -0.367 e. The smallest absolute Gasteiger partial charge is 0.222 e. The molecule has 0 radical (unpaired) electrons. The van der Waals surface area contributed by atoms with Gasteiger partial charge >= 0.3 is 0 Å². The SMILES string of the molecule is COC(C)N/C=C\C(C)CNc1ncc(Cc2c[nH]c3ncc(Cl)cc23)cn1. The summed E-state index contributed by atoms with van der Waals surface area (Å²) in [6.45, 7) is 4.81. The molecule has 0 aliphatic heterocycles. The average molecular weight is 401 g/mol. The molecular weight excluding hydrogens is 376 g/mol. The third kappa shape index (κ3) is 5.43. The molecule has 2 atom stereocenters. The highest BCUT2D eigenvalue weighted by Crippen LogP contribution is 2.22. The van der Waals surface area contributed by atoms with Gasteiger partial charge in [0.05, 0.1) is 5.02 Å². The van der Waals surface area contributed by atoms with Crippen molar-refractivity contribution in [3.63, 3.8) is 0 Å². The first kappa shape index (κ1) is 20.1. The largest absolute Gasteiger partial charge is 0.367 e. The van der Waals surface area contributed by atoms with Crippen LogP contribution in [0.3, 0.4) is 0 Å². The van der Waals surface area contributed by atoms with Crippen LogP contribution in [0, 0.1) is 5.92 Å². The number of H-pyrrole nitrogens is 1. The predicted octanol–water partition coefficient (Wildman–Crippen LogP) is 3.74. The lowest BCUT2D eigenvalue weighted by Crippen LogP contribution is -2.22. The summed E-state index contributed by atoms with van der Waals surface area (Å²) in [7, 11) is 1.67. The second-order valence-corrected chi connectivity index (χ2v) is 7.15. The van der Waals surface area contributed by atoms with Crippen molar-refractivity contribution < 1.29 is 4.74 Å². The van der Waals surface area contributed by atoms with Crippen LogP contribution in [0.2, 0.25) is 5.02 Å². The summed E-state index contributed by atoms with van der Waals surface area (Å²) >= 11 is 6.06. The van der Waals surface area contributed by atoms with Crippen LogP contribution in [0.1, 0.15) is 25.0 Å². The van der Waals surface area contributed by atoms with Crippen LogP contribution in [0.15, 0.2) is 43.1 Å². The third-order valence-corrected chi connectivity index (χ3v) is 4.58. The van der Waals surface area contributed by atoms with E-state index in [1.165, 1.54) is 0 Å². The average Bonchev–Trinajstić information content (AvgIpc) is 3.09. The van der Waals surface area contributed by atoms with Crippen molar-refractivity contribution >= 4 is 28.6 Å². The molecule has 0 aliphatic carbocycles. The molecule has 3 N–H and O–H groups in total. The van der Waals surface area contributed by atoms with Gasteiger partial charge in [0.2, 0.25) is 5.95 Å². The molecule has 2 unspecified atom stereocenters. The van der Waals surface area contributed by atoms with Crippen molar-refractivity contribution in [2.45, 2.75) is 26.5 Å². The van der Waals surface area contributed by atoms with Crippen molar-refractivity contribution in [1.29, 1.82) is 0 Å². The maximum absolute atomic E-state index is 6.06. The molecule has 3 heterocycles. The number of pyridine rings is 1. The first-order valence-corrected chi connectivity index (χ1v) is 9.54. The van der Waals surface area contributed by atoms with Crippen LogP contribution in [0.25, 0.3) is 11.0 Å². The molecule has 28 heavy (non-hydrogen) atoms. The Labute approximate surface area is 169 Å². The van der Waals surface area contributed by atoms with E-state index in [0.717, 1.165) is 28.7 Å². The Morgan fingerprint density at radius 2 is 2.00 bits per heavy atom. The Bertz CT molecular complexity index is 924. The number of rotatable bonds is 9. The molecule has 8 heteroatoms. The van der Waals surface area contributed by atoms with Gasteiger partial charge in [0.1, 0.15) is 11.9 Å². The van der Waals surface area contributed by atoms with Crippen molar-refractivity contribution in [2.24, 2.45) is 5.92 Å². The molecule has 0 bridgehead atoms. The zero-order chi connectivity index (χ0) is 19.9. The highest BCUT2D eigenvalue weighted by Gasteiger charge is 2.08. The summed E-state index contributed by atoms with van der Waals surface area (Å²) in [5.41, 5.74) is 2.97. The minimum atomic E-state index is -0.00348. The molecule has 148 valence electrons.